The van der Waals surface area contributed by atoms with Crippen molar-refractivity contribution in [1.29, 1.82) is 0 Å². The van der Waals surface area contributed by atoms with Crippen LogP contribution in [0, 0.1) is 5.21 Å². The Labute approximate surface area is 64.3 Å². The van der Waals surface area contributed by atoms with Gasteiger partial charge < -0.3 is 10.7 Å². The average Bonchev–Trinajstić information content (AvgIpc) is 1.65. The monoisotopic (exact) mass is 111 g/mol. The zero-order valence-electron chi connectivity index (χ0n) is 4.52. The summed E-state index contributed by atoms with van der Waals surface area (Å²) in [5.74, 6) is -0.463. The van der Waals surface area contributed by atoms with Crippen molar-refractivity contribution in [2.45, 2.75) is 13.3 Å². The van der Waals surface area contributed by atoms with Crippen molar-refractivity contribution in [3.8, 4) is 0 Å². The van der Waals surface area contributed by atoms with Crippen LogP contribution in [-0.4, -0.2) is 5.91 Å². The molecule has 0 aromatic carbocycles. The second-order valence-electron chi connectivity index (χ2n) is 0.879. The number of hydroxylamine groups is 1. The van der Waals surface area contributed by atoms with Crippen molar-refractivity contribution in [1.82, 2.24) is 5.48 Å². The number of carbonyl (C=O) groups excluding carboxylic acids is 1. The Hall–Kier alpha value is 0.430. The predicted molar refractivity (Wildman–Crippen MR) is 21.8 cm³/mol. The van der Waals surface area contributed by atoms with Crippen LogP contribution in [0.3, 0.4) is 0 Å². The standard InChI is InChI=1S/C3H6NO2.Na/c1-2-3(5)4-6;/h2H2,1H3,(H-,4,5,6);/q-1;+1. The van der Waals surface area contributed by atoms with E-state index in [0.29, 0.717) is 0 Å². The summed E-state index contributed by atoms with van der Waals surface area (Å²) in [4.78, 5) is 9.76. The first kappa shape index (κ1) is 10.4. The van der Waals surface area contributed by atoms with Crippen LogP contribution in [0.4, 0.5) is 0 Å². The summed E-state index contributed by atoms with van der Waals surface area (Å²) < 4.78 is 0. The van der Waals surface area contributed by atoms with Gasteiger partial charge in [-0.25, -0.2) is 0 Å². The smallest absolute Gasteiger partial charge is 0.759 e. The molecule has 0 unspecified atom stereocenters. The third kappa shape index (κ3) is 6.43. The van der Waals surface area contributed by atoms with Crippen LogP contribution in [-0.2, 0) is 4.79 Å². The molecule has 0 bridgehead atoms. The van der Waals surface area contributed by atoms with E-state index >= 15 is 0 Å². The first-order chi connectivity index (χ1) is 2.81. The van der Waals surface area contributed by atoms with E-state index in [-0.39, 0.29) is 36.0 Å². The molecule has 3 nitrogen and oxygen atoms in total. The molecule has 0 aliphatic heterocycles. The number of nitrogens with one attached hydrogen (secondary N) is 1. The van der Waals surface area contributed by atoms with Gasteiger partial charge in [0.2, 0.25) is 5.91 Å². The SMILES string of the molecule is CCC(=O)N[O-].[Na+]. The van der Waals surface area contributed by atoms with Gasteiger partial charge in [-0.2, -0.15) is 0 Å². The summed E-state index contributed by atoms with van der Waals surface area (Å²) in [6, 6.07) is 0. The van der Waals surface area contributed by atoms with Crippen molar-refractivity contribution in [2.24, 2.45) is 0 Å². The van der Waals surface area contributed by atoms with Gasteiger partial charge in [0, 0.05) is 6.42 Å². The van der Waals surface area contributed by atoms with Crippen LogP contribution in [0.25, 0.3) is 0 Å². The van der Waals surface area contributed by atoms with E-state index in [1.54, 1.807) is 6.92 Å². The topological polar surface area (TPSA) is 52.2 Å². The summed E-state index contributed by atoms with van der Waals surface area (Å²) in [5.41, 5.74) is 1.23. The molecule has 4 heteroatoms. The zero-order valence-corrected chi connectivity index (χ0v) is 6.52. The second kappa shape index (κ2) is 6.43. The van der Waals surface area contributed by atoms with Crippen molar-refractivity contribution < 1.29 is 34.4 Å². The Balaban J connectivity index is 0. The van der Waals surface area contributed by atoms with Crippen LogP contribution in [0.15, 0.2) is 0 Å². The van der Waals surface area contributed by atoms with Gasteiger partial charge in [0.25, 0.3) is 0 Å². The van der Waals surface area contributed by atoms with Crippen LogP contribution in [0.2, 0.25) is 0 Å². The van der Waals surface area contributed by atoms with E-state index in [0.717, 1.165) is 0 Å². The molecular formula is C3H6NNaO2. The summed E-state index contributed by atoms with van der Waals surface area (Å²) in [7, 11) is 0. The molecule has 0 aromatic rings. The van der Waals surface area contributed by atoms with E-state index < -0.39 is 5.91 Å². The Kier molecular flexibility index (Phi) is 9.57. The molecule has 36 valence electrons. The molecule has 0 radical (unpaired) electrons. The largest absolute Gasteiger partial charge is 1.00 e. The molecular weight excluding hydrogens is 105 g/mol. The summed E-state index contributed by atoms with van der Waals surface area (Å²) in [5, 5.41) is 9.26. The van der Waals surface area contributed by atoms with E-state index in [1.165, 1.54) is 5.48 Å². The van der Waals surface area contributed by atoms with Crippen LogP contribution < -0.4 is 35.0 Å². The van der Waals surface area contributed by atoms with Crippen LogP contribution in [0.5, 0.6) is 0 Å². The van der Waals surface area contributed by atoms with Crippen molar-refractivity contribution in [3.63, 3.8) is 0 Å². The summed E-state index contributed by atoms with van der Waals surface area (Å²) in [6.07, 6.45) is 0.267. The molecule has 1 N–H and O–H groups in total. The van der Waals surface area contributed by atoms with Gasteiger partial charge >= 0.3 is 29.6 Å². The maximum absolute atomic E-state index is 9.76. The van der Waals surface area contributed by atoms with Gasteiger partial charge in [-0.05, 0) is 0 Å². The molecule has 0 rings (SSSR count). The Morgan fingerprint density at radius 2 is 2.29 bits per heavy atom. The van der Waals surface area contributed by atoms with Gasteiger partial charge in [0.1, 0.15) is 0 Å². The first-order valence-electron chi connectivity index (χ1n) is 1.72. The zero-order chi connectivity index (χ0) is 4.99. The molecule has 0 spiro atoms. The Morgan fingerprint density at radius 1 is 1.86 bits per heavy atom. The summed E-state index contributed by atoms with van der Waals surface area (Å²) >= 11 is 0. The fourth-order valence-corrected chi connectivity index (χ4v) is 0.0722. The van der Waals surface area contributed by atoms with E-state index in [9.17, 15) is 10.0 Å². The minimum absolute atomic E-state index is 0. The van der Waals surface area contributed by atoms with Gasteiger partial charge in [-0.1, -0.05) is 6.92 Å². The second-order valence-corrected chi connectivity index (χ2v) is 0.879. The molecule has 1 amide bonds. The van der Waals surface area contributed by atoms with Gasteiger partial charge in [-0.3, -0.25) is 4.79 Å². The minimum atomic E-state index is -0.463. The van der Waals surface area contributed by atoms with Crippen LogP contribution >= 0.6 is 0 Å². The molecule has 7 heavy (non-hydrogen) atoms. The fraction of sp³-hybridized carbons (Fsp3) is 0.667. The van der Waals surface area contributed by atoms with E-state index in [1.807, 2.05) is 0 Å². The molecule has 0 aliphatic rings. The van der Waals surface area contributed by atoms with E-state index in [4.69, 9.17) is 0 Å². The third-order valence-electron chi connectivity index (χ3n) is 0.435. The number of hydrogen-bond donors (Lipinski definition) is 1. The van der Waals surface area contributed by atoms with Gasteiger partial charge in [0.05, 0.1) is 0 Å². The van der Waals surface area contributed by atoms with Crippen molar-refractivity contribution >= 4 is 5.91 Å². The first-order valence-corrected chi connectivity index (χ1v) is 1.72. The number of hydrogen-bond acceptors (Lipinski definition) is 2. The van der Waals surface area contributed by atoms with Gasteiger partial charge in [0.15, 0.2) is 0 Å². The Morgan fingerprint density at radius 3 is 2.29 bits per heavy atom. The fourth-order valence-electron chi connectivity index (χ4n) is 0.0722. The van der Waals surface area contributed by atoms with Crippen molar-refractivity contribution in [2.75, 3.05) is 0 Å². The molecule has 0 aliphatic carbocycles. The van der Waals surface area contributed by atoms with Gasteiger partial charge in [-0.15, -0.1) is 0 Å². The summed E-state index contributed by atoms with van der Waals surface area (Å²) in [6.45, 7) is 1.62. The molecule has 0 fully saturated rings. The Bertz CT molecular complexity index is 50.9. The average molecular weight is 111 g/mol. The van der Waals surface area contributed by atoms with Crippen LogP contribution in [0.1, 0.15) is 13.3 Å². The predicted octanol–water partition coefficient (Wildman–Crippen LogP) is -2.99. The number of amides is 1. The maximum atomic E-state index is 9.76. The maximum Gasteiger partial charge on any atom is 1.00 e. The molecule has 0 atom stereocenters. The molecule has 0 heterocycles. The molecule has 0 saturated carbocycles. The quantitative estimate of drug-likeness (QED) is 0.290. The third-order valence-corrected chi connectivity index (χ3v) is 0.435. The molecule has 0 aromatic heterocycles. The normalized spacial score (nSPS) is 6.57. The number of rotatable bonds is 1. The van der Waals surface area contributed by atoms with Crippen molar-refractivity contribution in [3.05, 3.63) is 5.21 Å². The minimum Gasteiger partial charge on any atom is -0.759 e. The molecule has 0 saturated heterocycles. The number of carbonyl (C=O) groups is 1. The van der Waals surface area contributed by atoms with E-state index in [2.05, 4.69) is 0 Å².